The zero-order chi connectivity index (χ0) is 24.6. The van der Waals surface area contributed by atoms with Gasteiger partial charge in [0.15, 0.2) is 18.1 Å². The lowest BCUT2D eigenvalue weighted by Crippen LogP contribution is -2.20. The number of fused-ring (bicyclic) bond motifs is 1. The third kappa shape index (κ3) is 6.83. The van der Waals surface area contributed by atoms with Crippen molar-refractivity contribution >= 4 is 38.6 Å². The molecule has 182 valence electrons. The number of carbonyl (C=O) groups excluding carboxylic acids is 1. The van der Waals surface area contributed by atoms with E-state index in [1.54, 1.807) is 7.11 Å². The summed E-state index contributed by atoms with van der Waals surface area (Å²) in [6.45, 7) is 3.42. The largest absolute Gasteiger partial charge is 0.493 e. The van der Waals surface area contributed by atoms with Crippen LogP contribution >= 0.6 is 15.9 Å². The first kappa shape index (κ1) is 24.8. The summed E-state index contributed by atoms with van der Waals surface area (Å²) in [5, 5.41) is 6.29. The van der Waals surface area contributed by atoms with Crippen LogP contribution in [0, 0.1) is 6.92 Å². The maximum absolute atomic E-state index is 12.3. The highest BCUT2D eigenvalue weighted by atomic mass is 79.9. The molecule has 0 aliphatic heterocycles. The number of hydrogen-bond donors (Lipinski definition) is 3. The number of ether oxygens (including phenoxy) is 2. The van der Waals surface area contributed by atoms with E-state index in [9.17, 15) is 4.79 Å². The zero-order valence-corrected chi connectivity index (χ0v) is 21.4. The van der Waals surface area contributed by atoms with Crippen LogP contribution in [0.25, 0.3) is 11.0 Å². The summed E-state index contributed by atoms with van der Waals surface area (Å²) in [6.07, 6.45) is 1.85. The molecule has 0 unspecified atom stereocenters. The van der Waals surface area contributed by atoms with Gasteiger partial charge in [0.1, 0.15) is 5.82 Å². The minimum atomic E-state index is -0.238. The highest BCUT2D eigenvalue weighted by Crippen LogP contribution is 2.36. The first-order valence-corrected chi connectivity index (χ1v) is 12.3. The van der Waals surface area contributed by atoms with Gasteiger partial charge in [0.05, 0.1) is 22.6 Å². The van der Waals surface area contributed by atoms with Gasteiger partial charge in [0, 0.05) is 18.7 Å². The molecule has 0 saturated carbocycles. The van der Waals surface area contributed by atoms with Gasteiger partial charge in [-0.25, -0.2) is 4.98 Å². The van der Waals surface area contributed by atoms with Crippen molar-refractivity contribution < 1.29 is 14.3 Å². The minimum Gasteiger partial charge on any atom is -0.493 e. The third-order valence-electron chi connectivity index (χ3n) is 5.51. The van der Waals surface area contributed by atoms with Gasteiger partial charge in [0.25, 0.3) is 5.91 Å². The summed E-state index contributed by atoms with van der Waals surface area (Å²) in [5.74, 6) is 1.84. The van der Waals surface area contributed by atoms with Gasteiger partial charge < -0.3 is 25.1 Å². The first-order chi connectivity index (χ1) is 17.0. The minimum absolute atomic E-state index is 0.123. The van der Waals surface area contributed by atoms with Crippen molar-refractivity contribution in [3.8, 4) is 11.5 Å². The summed E-state index contributed by atoms with van der Waals surface area (Å²) in [5.41, 5.74) is 4.99. The second-order valence-corrected chi connectivity index (χ2v) is 9.15. The molecule has 0 radical (unpaired) electrons. The maximum Gasteiger partial charge on any atom is 0.262 e. The van der Waals surface area contributed by atoms with E-state index in [4.69, 9.17) is 9.47 Å². The standard InChI is InChI=1S/C27H29BrN4O3/c1-18-9-11-20(12-10-18)30-26(33)17-35-27-21(28)14-19(15-24(27)34-2)16-29-13-5-8-25-31-22-6-3-4-7-23(22)32-25/h3-4,6-7,9-12,14-15,29H,5,8,13,16-17H2,1-2H3,(H,30,33)(H,31,32). The van der Waals surface area contributed by atoms with Crippen molar-refractivity contribution in [2.45, 2.75) is 26.3 Å². The van der Waals surface area contributed by atoms with Gasteiger partial charge in [-0.3, -0.25) is 4.79 Å². The average molecular weight is 537 g/mol. The van der Waals surface area contributed by atoms with Gasteiger partial charge in [0.2, 0.25) is 0 Å². The van der Waals surface area contributed by atoms with E-state index in [0.717, 1.165) is 57.5 Å². The Kier molecular flexibility index (Phi) is 8.39. The lowest BCUT2D eigenvalue weighted by atomic mass is 10.2. The maximum atomic E-state index is 12.3. The summed E-state index contributed by atoms with van der Waals surface area (Å²) in [7, 11) is 1.59. The average Bonchev–Trinajstić information content (AvgIpc) is 3.27. The predicted octanol–water partition coefficient (Wildman–Crippen LogP) is 5.38. The van der Waals surface area contributed by atoms with Gasteiger partial charge >= 0.3 is 0 Å². The van der Waals surface area contributed by atoms with Crippen LogP contribution in [0.3, 0.4) is 0 Å². The Morgan fingerprint density at radius 2 is 1.91 bits per heavy atom. The number of nitrogens with zero attached hydrogens (tertiary/aromatic N) is 1. The van der Waals surface area contributed by atoms with E-state index in [2.05, 4.69) is 36.5 Å². The zero-order valence-electron chi connectivity index (χ0n) is 19.9. The molecule has 0 bridgehead atoms. The fourth-order valence-electron chi connectivity index (χ4n) is 3.72. The van der Waals surface area contributed by atoms with Crippen molar-refractivity contribution in [1.29, 1.82) is 0 Å². The number of carbonyl (C=O) groups is 1. The van der Waals surface area contributed by atoms with E-state index in [-0.39, 0.29) is 12.5 Å². The number of aromatic amines is 1. The Balaban J connectivity index is 1.25. The molecule has 8 heteroatoms. The molecule has 0 atom stereocenters. The van der Waals surface area contributed by atoms with Crippen LogP contribution in [0.5, 0.6) is 11.5 Å². The fraction of sp³-hybridized carbons (Fsp3) is 0.259. The molecule has 7 nitrogen and oxygen atoms in total. The SMILES string of the molecule is COc1cc(CNCCCc2nc3ccccc3[nH]2)cc(Br)c1OCC(=O)Nc1ccc(C)cc1. The van der Waals surface area contributed by atoms with Gasteiger partial charge in [-0.1, -0.05) is 29.8 Å². The van der Waals surface area contributed by atoms with Crippen LogP contribution in [0.4, 0.5) is 5.69 Å². The Morgan fingerprint density at radius 1 is 1.11 bits per heavy atom. The summed E-state index contributed by atoms with van der Waals surface area (Å²) < 4.78 is 12.0. The highest BCUT2D eigenvalue weighted by molar-refractivity contribution is 9.10. The number of halogens is 1. The molecule has 0 aliphatic carbocycles. The van der Waals surface area contributed by atoms with E-state index in [0.29, 0.717) is 18.0 Å². The number of benzene rings is 3. The monoisotopic (exact) mass is 536 g/mol. The molecule has 0 fully saturated rings. The number of anilines is 1. The Hall–Kier alpha value is -3.36. The fourth-order valence-corrected chi connectivity index (χ4v) is 4.33. The van der Waals surface area contributed by atoms with E-state index >= 15 is 0 Å². The smallest absolute Gasteiger partial charge is 0.262 e. The molecular formula is C27H29BrN4O3. The third-order valence-corrected chi connectivity index (χ3v) is 6.10. The molecule has 4 aromatic rings. The van der Waals surface area contributed by atoms with Gasteiger partial charge in [-0.05, 0) is 77.8 Å². The number of hydrogen-bond acceptors (Lipinski definition) is 5. The van der Waals surface area contributed by atoms with E-state index in [1.165, 1.54) is 0 Å². The molecule has 35 heavy (non-hydrogen) atoms. The van der Waals surface area contributed by atoms with Gasteiger partial charge in [-0.15, -0.1) is 0 Å². The molecule has 0 spiro atoms. The molecule has 1 amide bonds. The van der Waals surface area contributed by atoms with Crippen LogP contribution in [-0.2, 0) is 17.8 Å². The molecule has 3 N–H and O–H groups in total. The lowest BCUT2D eigenvalue weighted by molar-refractivity contribution is -0.118. The molecule has 0 saturated heterocycles. The molecule has 4 rings (SSSR count). The van der Waals surface area contributed by atoms with Crippen molar-refractivity contribution in [2.24, 2.45) is 0 Å². The second kappa shape index (κ2) is 11.9. The Labute approximate surface area is 213 Å². The normalized spacial score (nSPS) is 10.9. The number of para-hydroxylation sites is 2. The Bertz CT molecular complexity index is 1250. The molecule has 3 aromatic carbocycles. The van der Waals surface area contributed by atoms with Crippen LogP contribution in [0.2, 0.25) is 0 Å². The first-order valence-electron chi connectivity index (χ1n) is 11.5. The van der Waals surface area contributed by atoms with Crippen molar-refractivity contribution in [2.75, 3.05) is 25.6 Å². The number of nitrogens with one attached hydrogen (secondary N) is 3. The molecular weight excluding hydrogens is 508 g/mol. The number of imidazole rings is 1. The number of rotatable bonds is 11. The van der Waals surface area contributed by atoms with Crippen molar-refractivity contribution in [3.63, 3.8) is 0 Å². The molecule has 1 aromatic heterocycles. The topological polar surface area (TPSA) is 88.3 Å². The van der Waals surface area contributed by atoms with Crippen molar-refractivity contribution in [3.05, 3.63) is 82.1 Å². The molecule has 1 heterocycles. The number of aromatic nitrogens is 2. The van der Waals surface area contributed by atoms with Crippen LogP contribution < -0.4 is 20.1 Å². The number of aryl methyl sites for hydroxylation is 2. The summed E-state index contributed by atoms with van der Waals surface area (Å²) in [6, 6.07) is 19.6. The summed E-state index contributed by atoms with van der Waals surface area (Å²) in [4.78, 5) is 20.3. The highest BCUT2D eigenvalue weighted by Gasteiger charge is 2.14. The molecule has 0 aliphatic rings. The van der Waals surface area contributed by atoms with E-state index < -0.39 is 0 Å². The van der Waals surface area contributed by atoms with Crippen LogP contribution in [0.1, 0.15) is 23.4 Å². The summed E-state index contributed by atoms with van der Waals surface area (Å²) >= 11 is 3.56. The Morgan fingerprint density at radius 3 is 2.69 bits per heavy atom. The lowest BCUT2D eigenvalue weighted by Gasteiger charge is -2.15. The predicted molar refractivity (Wildman–Crippen MR) is 142 cm³/mol. The van der Waals surface area contributed by atoms with Gasteiger partial charge in [-0.2, -0.15) is 0 Å². The van der Waals surface area contributed by atoms with E-state index in [1.807, 2.05) is 67.6 Å². The quantitative estimate of drug-likeness (QED) is 0.224. The van der Waals surface area contributed by atoms with Crippen LogP contribution in [-0.4, -0.2) is 36.1 Å². The second-order valence-electron chi connectivity index (χ2n) is 8.29. The number of amides is 1. The van der Waals surface area contributed by atoms with Crippen molar-refractivity contribution in [1.82, 2.24) is 15.3 Å². The van der Waals surface area contributed by atoms with Crippen LogP contribution in [0.15, 0.2) is 65.1 Å². The number of H-pyrrole nitrogens is 1. The number of methoxy groups -OCH3 is 1.